The fraction of sp³-hybridized carbons (Fsp3) is 0.944. The molecule has 0 amide bonds. The fourth-order valence-electron chi connectivity index (χ4n) is 8.08. The van der Waals surface area contributed by atoms with Gasteiger partial charge in [0.25, 0.3) is 0 Å². The maximum atomic E-state index is 12.8. The second-order valence-corrected chi connectivity index (χ2v) is 19.7. The highest BCUT2D eigenvalue weighted by Gasteiger charge is 2.19. The summed E-state index contributed by atoms with van der Waals surface area (Å²) >= 11 is 0. The lowest BCUT2D eigenvalue weighted by atomic mass is 10.00. The third kappa shape index (κ3) is 45.9. The molecule has 0 radical (unpaired) electrons. The van der Waals surface area contributed by atoms with Crippen molar-refractivity contribution in [1.82, 2.24) is 0 Å². The van der Waals surface area contributed by atoms with Gasteiger partial charge in [-0.15, -0.1) is 0 Å². The first-order chi connectivity index (χ1) is 29.1. The number of hydrogen-bond acceptors (Lipinski definition) is 6. The SMILES string of the molecule is CCC(C)CCCCCCCCC(=O)OC[C@H](COC(=O)CCCCCCCCCCCCCCCCCC(C)C)OC(=O)CCCCCCCCCCCCCC(C)C. The minimum atomic E-state index is -0.763. The predicted molar refractivity (Wildman–Crippen MR) is 256 cm³/mol. The second-order valence-electron chi connectivity index (χ2n) is 19.7. The van der Waals surface area contributed by atoms with Crippen LogP contribution in [0.3, 0.4) is 0 Å². The topological polar surface area (TPSA) is 78.9 Å². The number of esters is 3. The summed E-state index contributed by atoms with van der Waals surface area (Å²) in [4.78, 5) is 38.0. The van der Waals surface area contributed by atoms with Crippen LogP contribution in [0.15, 0.2) is 0 Å². The average molecular weight is 849 g/mol. The zero-order valence-electron chi connectivity index (χ0n) is 41.3. The maximum absolute atomic E-state index is 12.8. The summed E-state index contributed by atoms with van der Waals surface area (Å²) in [5.41, 5.74) is 0. The molecule has 6 heteroatoms. The summed E-state index contributed by atoms with van der Waals surface area (Å²) in [5, 5.41) is 0. The number of carbonyl (C=O) groups excluding carboxylic acids is 3. The average Bonchev–Trinajstić information content (AvgIpc) is 3.22. The van der Waals surface area contributed by atoms with Crippen LogP contribution in [0.5, 0.6) is 0 Å². The van der Waals surface area contributed by atoms with Gasteiger partial charge in [-0.25, -0.2) is 0 Å². The summed E-state index contributed by atoms with van der Waals surface area (Å²) in [7, 11) is 0. The summed E-state index contributed by atoms with van der Waals surface area (Å²) in [5.74, 6) is 1.63. The molecule has 60 heavy (non-hydrogen) atoms. The Morgan fingerprint density at radius 3 is 0.867 bits per heavy atom. The highest BCUT2D eigenvalue weighted by Crippen LogP contribution is 2.18. The van der Waals surface area contributed by atoms with Gasteiger partial charge in [-0.3, -0.25) is 14.4 Å². The molecule has 0 heterocycles. The van der Waals surface area contributed by atoms with E-state index >= 15 is 0 Å². The first kappa shape index (κ1) is 58.4. The number of hydrogen-bond donors (Lipinski definition) is 0. The Hall–Kier alpha value is -1.59. The molecule has 0 rings (SSSR count). The molecule has 0 aliphatic rings. The van der Waals surface area contributed by atoms with E-state index in [-0.39, 0.29) is 31.1 Å². The quantitative estimate of drug-likeness (QED) is 0.0345. The van der Waals surface area contributed by atoms with Crippen LogP contribution in [-0.2, 0) is 28.6 Å². The van der Waals surface area contributed by atoms with E-state index < -0.39 is 6.10 Å². The van der Waals surface area contributed by atoms with Crippen LogP contribution in [0, 0.1) is 17.8 Å². The van der Waals surface area contributed by atoms with Crippen LogP contribution in [0.4, 0.5) is 0 Å². The number of rotatable bonds is 47. The molecule has 1 unspecified atom stereocenters. The zero-order chi connectivity index (χ0) is 44.2. The smallest absolute Gasteiger partial charge is 0.306 e. The Morgan fingerprint density at radius 2 is 0.583 bits per heavy atom. The third-order valence-corrected chi connectivity index (χ3v) is 12.5. The van der Waals surface area contributed by atoms with E-state index in [4.69, 9.17) is 14.2 Å². The van der Waals surface area contributed by atoms with Gasteiger partial charge in [0.05, 0.1) is 0 Å². The van der Waals surface area contributed by atoms with Crippen molar-refractivity contribution in [3.63, 3.8) is 0 Å². The van der Waals surface area contributed by atoms with Gasteiger partial charge in [-0.1, -0.05) is 253 Å². The molecule has 0 saturated carbocycles. The number of unbranched alkanes of at least 4 members (excludes halogenated alkanes) is 29. The minimum Gasteiger partial charge on any atom is -0.462 e. The van der Waals surface area contributed by atoms with Crippen molar-refractivity contribution in [1.29, 1.82) is 0 Å². The summed E-state index contributed by atoms with van der Waals surface area (Å²) in [6.45, 7) is 13.7. The zero-order valence-corrected chi connectivity index (χ0v) is 41.3. The van der Waals surface area contributed by atoms with E-state index in [1.807, 2.05) is 0 Å². The molecule has 6 nitrogen and oxygen atoms in total. The number of carbonyl (C=O) groups is 3. The van der Waals surface area contributed by atoms with Crippen LogP contribution in [-0.4, -0.2) is 37.2 Å². The van der Waals surface area contributed by atoms with E-state index in [1.165, 1.54) is 173 Å². The van der Waals surface area contributed by atoms with Crippen molar-refractivity contribution in [3.05, 3.63) is 0 Å². The first-order valence-electron chi connectivity index (χ1n) is 26.6. The molecular weight excluding hydrogens is 745 g/mol. The third-order valence-electron chi connectivity index (χ3n) is 12.5. The lowest BCUT2D eigenvalue weighted by Gasteiger charge is -2.18. The summed E-state index contributed by atoms with van der Waals surface area (Å²) in [6.07, 6.45) is 45.2. The molecule has 2 atom stereocenters. The van der Waals surface area contributed by atoms with Crippen molar-refractivity contribution in [2.45, 2.75) is 298 Å². The van der Waals surface area contributed by atoms with E-state index in [0.717, 1.165) is 75.5 Å². The Bertz CT molecular complexity index is 931. The van der Waals surface area contributed by atoms with E-state index in [1.54, 1.807) is 0 Å². The molecule has 0 spiro atoms. The van der Waals surface area contributed by atoms with Gasteiger partial charge in [0, 0.05) is 19.3 Å². The van der Waals surface area contributed by atoms with Gasteiger partial charge in [0.15, 0.2) is 6.10 Å². The molecule has 0 fully saturated rings. The van der Waals surface area contributed by atoms with Crippen molar-refractivity contribution < 1.29 is 28.6 Å². The largest absolute Gasteiger partial charge is 0.462 e. The van der Waals surface area contributed by atoms with Crippen LogP contribution >= 0.6 is 0 Å². The van der Waals surface area contributed by atoms with E-state index in [0.29, 0.717) is 19.3 Å². The summed E-state index contributed by atoms with van der Waals surface area (Å²) in [6, 6.07) is 0. The second kappa shape index (κ2) is 45.4. The standard InChI is InChI=1S/C54H104O6/c1-7-50(6)42-36-30-26-27-32-38-44-53(56)59-47-51(60-54(57)45-39-33-25-21-17-13-15-19-23-29-35-41-49(4)5)46-58-52(55)43-37-31-24-20-16-12-10-8-9-11-14-18-22-28-34-40-48(2)3/h48-51H,7-47H2,1-6H3/t50?,51-/m0/s1. The highest BCUT2D eigenvalue weighted by atomic mass is 16.6. The molecule has 0 aliphatic carbocycles. The molecule has 0 bridgehead atoms. The minimum absolute atomic E-state index is 0.0650. The molecule has 0 aliphatic heterocycles. The lowest BCUT2D eigenvalue weighted by molar-refractivity contribution is -0.167. The van der Waals surface area contributed by atoms with E-state index in [9.17, 15) is 14.4 Å². The van der Waals surface area contributed by atoms with Gasteiger partial charge in [0.2, 0.25) is 0 Å². The molecule has 356 valence electrons. The van der Waals surface area contributed by atoms with Crippen LogP contribution in [0.25, 0.3) is 0 Å². The van der Waals surface area contributed by atoms with Gasteiger partial charge >= 0.3 is 17.9 Å². The maximum Gasteiger partial charge on any atom is 0.306 e. The van der Waals surface area contributed by atoms with Crippen molar-refractivity contribution in [2.75, 3.05) is 13.2 Å². The Labute approximate surface area is 374 Å². The molecule has 0 saturated heterocycles. The van der Waals surface area contributed by atoms with Crippen molar-refractivity contribution >= 4 is 17.9 Å². The normalized spacial score (nSPS) is 12.6. The fourth-order valence-corrected chi connectivity index (χ4v) is 8.08. The molecule has 0 aromatic rings. The van der Waals surface area contributed by atoms with Crippen LogP contribution in [0.2, 0.25) is 0 Å². The van der Waals surface area contributed by atoms with Crippen LogP contribution < -0.4 is 0 Å². The van der Waals surface area contributed by atoms with E-state index in [2.05, 4.69) is 41.5 Å². The highest BCUT2D eigenvalue weighted by molar-refractivity contribution is 5.71. The van der Waals surface area contributed by atoms with Gasteiger partial charge in [-0.05, 0) is 37.0 Å². The Kier molecular flexibility index (Phi) is 44.2. The summed E-state index contributed by atoms with van der Waals surface area (Å²) < 4.78 is 16.8. The molecular formula is C54H104O6. The molecule has 0 aromatic carbocycles. The lowest BCUT2D eigenvalue weighted by Crippen LogP contribution is -2.30. The van der Waals surface area contributed by atoms with Crippen molar-refractivity contribution in [3.8, 4) is 0 Å². The van der Waals surface area contributed by atoms with Crippen molar-refractivity contribution in [2.24, 2.45) is 17.8 Å². The number of ether oxygens (including phenoxy) is 3. The molecule has 0 aromatic heterocycles. The molecule has 0 N–H and O–H groups in total. The first-order valence-corrected chi connectivity index (χ1v) is 26.6. The van der Waals surface area contributed by atoms with Gasteiger partial charge in [0.1, 0.15) is 13.2 Å². The Morgan fingerprint density at radius 1 is 0.333 bits per heavy atom. The Balaban J connectivity index is 4.27. The van der Waals surface area contributed by atoms with Crippen LogP contribution in [0.1, 0.15) is 292 Å². The monoisotopic (exact) mass is 849 g/mol. The van der Waals surface area contributed by atoms with Gasteiger partial charge < -0.3 is 14.2 Å². The predicted octanol–water partition coefficient (Wildman–Crippen LogP) is 17.2. The van der Waals surface area contributed by atoms with Gasteiger partial charge in [-0.2, -0.15) is 0 Å².